The Kier molecular flexibility index (Phi) is 6.38. The van der Waals surface area contributed by atoms with E-state index in [2.05, 4.69) is 10.3 Å². The van der Waals surface area contributed by atoms with Crippen LogP contribution in [-0.2, 0) is 14.3 Å². The quantitative estimate of drug-likeness (QED) is 0.741. The zero-order chi connectivity index (χ0) is 21.0. The summed E-state index contributed by atoms with van der Waals surface area (Å²) >= 11 is 0. The summed E-state index contributed by atoms with van der Waals surface area (Å²) < 4.78 is 9.86. The number of H-pyrrole nitrogens is 1. The number of aromatic amines is 1. The number of piperazine rings is 1. The molecule has 9 heteroatoms. The van der Waals surface area contributed by atoms with E-state index in [1.165, 1.54) is 7.11 Å². The minimum Gasteiger partial charge on any atom is -0.464 e. The number of rotatable bonds is 5. The highest BCUT2D eigenvalue weighted by atomic mass is 16.6. The van der Waals surface area contributed by atoms with Crippen molar-refractivity contribution in [2.45, 2.75) is 13.8 Å². The summed E-state index contributed by atoms with van der Waals surface area (Å²) in [5.41, 5.74) is 2.34. The van der Waals surface area contributed by atoms with Crippen LogP contribution >= 0.6 is 0 Å². The predicted octanol–water partition coefficient (Wildman–Crippen LogP) is 1.98. The van der Waals surface area contributed by atoms with E-state index in [-0.39, 0.29) is 24.2 Å². The highest BCUT2D eigenvalue weighted by Gasteiger charge is 2.25. The number of hydrogen-bond acceptors (Lipinski definition) is 6. The number of aryl methyl sites for hydroxylation is 1. The minimum absolute atomic E-state index is 0.163. The van der Waals surface area contributed by atoms with Gasteiger partial charge in [0.1, 0.15) is 5.69 Å². The molecule has 0 unspecified atom stereocenters. The number of anilines is 1. The van der Waals surface area contributed by atoms with Crippen molar-refractivity contribution in [3.05, 3.63) is 29.5 Å². The summed E-state index contributed by atoms with van der Waals surface area (Å²) in [5, 5.41) is 3.66. The first kappa shape index (κ1) is 20.7. The molecule has 1 aliphatic heterocycles. The van der Waals surface area contributed by atoms with Gasteiger partial charge in [0, 0.05) is 37.1 Å². The van der Waals surface area contributed by atoms with Crippen molar-refractivity contribution in [2.75, 3.05) is 51.8 Å². The van der Waals surface area contributed by atoms with Crippen LogP contribution in [-0.4, -0.2) is 79.2 Å². The number of benzene rings is 1. The van der Waals surface area contributed by atoms with E-state index in [1.807, 2.05) is 30.0 Å². The Morgan fingerprint density at radius 3 is 2.55 bits per heavy atom. The van der Waals surface area contributed by atoms with E-state index in [4.69, 9.17) is 9.47 Å². The van der Waals surface area contributed by atoms with Crippen LogP contribution in [0.5, 0.6) is 0 Å². The van der Waals surface area contributed by atoms with Gasteiger partial charge < -0.3 is 24.7 Å². The summed E-state index contributed by atoms with van der Waals surface area (Å²) in [5.74, 6) is -0.775. The third-order valence-corrected chi connectivity index (χ3v) is 4.95. The highest BCUT2D eigenvalue weighted by Crippen LogP contribution is 2.31. The van der Waals surface area contributed by atoms with Crippen LogP contribution in [0.2, 0.25) is 0 Å². The molecule has 3 rings (SSSR count). The van der Waals surface area contributed by atoms with Crippen molar-refractivity contribution in [1.29, 1.82) is 0 Å². The maximum Gasteiger partial charge on any atom is 0.409 e. The van der Waals surface area contributed by atoms with Crippen molar-refractivity contribution in [2.24, 2.45) is 0 Å². The zero-order valence-electron chi connectivity index (χ0n) is 16.9. The zero-order valence-corrected chi connectivity index (χ0v) is 16.9. The number of aromatic nitrogens is 1. The first-order valence-electron chi connectivity index (χ1n) is 9.58. The van der Waals surface area contributed by atoms with Crippen molar-refractivity contribution in [1.82, 2.24) is 14.8 Å². The standard InChI is InChI=1S/C20H26N4O5/c1-4-29-20(27)24-10-8-23(9-11-24)12-15(25)22-17-16-13(2)6-5-7-14(16)21-18(17)19(26)28-3/h5-7,21H,4,8-12H2,1-3H3,(H,22,25). The van der Waals surface area contributed by atoms with Gasteiger partial charge in [0.25, 0.3) is 0 Å². The van der Waals surface area contributed by atoms with Crippen LogP contribution in [0.3, 0.4) is 0 Å². The lowest BCUT2D eigenvalue weighted by Crippen LogP contribution is -2.50. The van der Waals surface area contributed by atoms with Crippen molar-refractivity contribution in [3.8, 4) is 0 Å². The van der Waals surface area contributed by atoms with E-state index in [1.54, 1.807) is 11.8 Å². The lowest BCUT2D eigenvalue weighted by atomic mass is 10.1. The van der Waals surface area contributed by atoms with Crippen molar-refractivity contribution < 1.29 is 23.9 Å². The monoisotopic (exact) mass is 402 g/mol. The smallest absolute Gasteiger partial charge is 0.409 e. The van der Waals surface area contributed by atoms with Gasteiger partial charge in [-0.3, -0.25) is 9.69 Å². The fourth-order valence-electron chi connectivity index (χ4n) is 3.49. The number of nitrogens with zero attached hydrogens (tertiary/aromatic N) is 2. The molecule has 2 heterocycles. The SMILES string of the molecule is CCOC(=O)N1CCN(CC(=O)Nc2c(C(=O)OC)[nH]c3cccc(C)c23)CC1. The summed E-state index contributed by atoms with van der Waals surface area (Å²) in [6.45, 7) is 6.35. The van der Waals surface area contributed by atoms with Gasteiger partial charge in [-0.15, -0.1) is 0 Å². The van der Waals surface area contributed by atoms with Crippen molar-refractivity contribution in [3.63, 3.8) is 0 Å². The second kappa shape index (κ2) is 8.95. The average Bonchev–Trinajstić information content (AvgIpc) is 3.07. The Hall–Kier alpha value is -3.07. The number of methoxy groups -OCH3 is 1. The highest BCUT2D eigenvalue weighted by molar-refractivity contribution is 6.12. The Balaban J connectivity index is 1.69. The van der Waals surface area contributed by atoms with Gasteiger partial charge in [-0.1, -0.05) is 12.1 Å². The van der Waals surface area contributed by atoms with E-state index in [9.17, 15) is 14.4 Å². The molecule has 0 radical (unpaired) electrons. The van der Waals surface area contributed by atoms with Crippen LogP contribution in [0, 0.1) is 6.92 Å². The number of carbonyl (C=O) groups excluding carboxylic acids is 3. The topological polar surface area (TPSA) is 104 Å². The molecule has 0 atom stereocenters. The largest absolute Gasteiger partial charge is 0.464 e. The van der Waals surface area contributed by atoms with Gasteiger partial charge in [0.2, 0.25) is 5.91 Å². The Bertz CT molecular complexity index is 915. The van der Waals surface area contributed by atoms with Gasteiger partial charge in [0.15, 0.2) is 0 Å². The Morgan fingerprint density at radius 1 is 1.17 bits per heavy atom. The summed E-state index contributed by atoms with van der Waals surface area (Å²) in [6.07, 6.45) is -0.325. The first-order valence-corrected chi connectivity index (χ1v) is 9.58. The van der Waals surface area contributed by atoms with Gasteiger partial charge >= 0.3 is 12.1 Å². The molecule has 0 aliphatic carbocycles. The van der Waals surface area contributed by atoms with E-state index in [0.717, 1.165) is 16.5 Å². The van der Waals surface area contributed by atoms with Gasteiger partial charge in [0.05, 0.1) is 25.9 Å². The van der Waals surface area contributed by atoms with Crippen LogP contribution < -0.4 is 5.32 Å². The van der Waals surface area contributed by atoms with Crippen LogP contribution in [0.15, 0.2) is 18.2 Å². The lowest BCUT2D eigenvalue weighted by molar-refractivity contribution is -0.117. The predicted molar refractivity (Wildman–Crippen MR) is 108 cm³/mol. The van der Waals surface area contributed by atoms with Crippen LogP contribution in [0.25, 0.3) is 10.9 Å². The maximum absolute atomic E-state index is 12.7. The molecule has 156 valence electrons. The Morgan fingerprint density at radius 2 is 1.90 bits per heavy atom. The maximum atomic E-state index is 12.7. The molecule has 0 bridgehead atoms. The molecule has 0 spiro atoms. The lowest BCUT2D eigenvalue weighted by Gasteiger charge is -2.33. The molecule has 1 fully saturated rings. The van der Waals surface area contributed by atoms with E-state index < -0.39 is 5.97 Å². The van der Waals surface area contributed by atoms with E-state index in [0.29, 0.717) is 38.5 Å². The molecule has 1 saturated heterocycles. The van der Waals surface area contributed by atoms with Crippen LogP contribution in [0.4, 0.5) is 10.5 Å². The number of ether oxygens (including phenoxy) is 2. The van der Waals surface area contributed by atoms with Gasteiger partial charge in [-0.2, -0.15) is 0 Å². The molecule has 2 N–H and O–H groups in total. The molecular weight excluding hydrogens is 376 g/mol. The molecule has 29 heavy (non-hydrogen) atoms. The number of nitrogens with one attached hydrogen (secondary N) is 2. The van der Waals surface area contributed by atoms with Gasteiger partial charge in [-0.05, 0) is 25.5 Å². The molecule has 9 nitrogen and oxygen atoms in total. The summed E-state index contributed by atoms with van der Waals surface area (Å²) in [7, 11) is 1.30. The second-order valence-corrected chi connectivity index (χ2v) is 6.87. The fourth-order valence-corrected chi connectivity index (χ4v) is 3.49. The van der Waals surface area contributed by atoms with E-state index >= 15 is 0 Å². The summed E-state index contributed by atoms with van der Waals surface area (Å²) in [6, 6.07) is 5.64. The molecule has 0 saturated carbocycles. The molecule has 2 amide bonds. The number of hydrogen-bond donors (Lipinski definition) is 2. The van der Waals surface area contributed by atoms with Crippen molar-refractivity contribution >= 4 is 34.6 Å². The molecule has 1 aliphatic rings. The first-order chi connectivity index (χ1) is 13.9. The average molecular weight is 402 g/mol. The number of esters is 1. The summed E-state index contributed by atoms with van der Waals surface area (Å²) in [4.78, 5) is 43.3. The fraction of sp³-hybridized carbons (Fsp3) is 0.450. The molecule has 2 aromatic rings. The number of fused-ring (bicyclic) bond motifs is 1. The number of carbonyl (C=O) groups is 3. The minimum atomic E-state index is -0.543. The van der Waals surface area contributed by atoms with Crippen LogP contribution in [0.1, 0.15) is 23.0 Å². The Labute approximate surface area is 168 Å². The molecule has 1 aromatic carbocycles. The normalized spacial score (nSPS) is 14.7. The second-order valence-electron chi connectivity index (χ2n) is 6.87. The third-order valence-electron chi connectivity index (χ3n) is 4.95. The third kappa shape index (κ3) is 4.51. The molecular formula is C20H26N4O5. The number of amides is 2. The molecule has 1 aromatic heterocycles. The van der Waals surface area contributed by atoms with Gasteiger partial charge in [-0.25, -0.2) is 9.59 Å².